The van der Waals surface area contributed by atoms with Crippen molar-refractivity contribution in [3.63, 3.8) is 0 Å². The Morgan fingerprint density at radius 2 is 1.82 bits per heavy atom. The molecule has 2 heterocycles. The van der Waals surface area contributed by atoms with Gasteiger partial charge in [-0.1, -0.05) is 24.3 Å². The summed E-state index contributed by atoms with van der Waals surface area (Å²) < 4.78 is 12.4. The minimum Gasteiger partial charge on any atom is -0.394 e. The molecular weight excluding hydrogens is 438 g/mol. The van der Waals surface area contributed by atoms with Crippen molar-refractivity contribution in [2.75, 3.05) is 31.7 Å². The second-order valence-electron chi connectivity index (χ2n) is 8.49. The summed E-state index contributed by atoms with van der Waals surface area (Å²) in [6.07, 6.45) is -3.73. The number of benzene rings is 2. The molecule has 0 bridgehead atoms. The lowest BCUT2D eigenvalue weighted by Crippen LogP contribution is -2.56. The number of fused-ring (bicyclic) bond motifs is 1. The first kappa shape index (κ1) is 24.1. The molecule has 0 spiro atoms. The monoisotopic (exact) mass is 471 g/mol. The average molecular weight is 472 g/mol. The smallest absolute Gasteiger partial charge is 0.114 e. The van der Waals surface area contributed by atoms with Crippen LogP contribution in [0.3, 0.4) is 0 Å². The second kappa shape index (κ2) is 10.5. The predicted octanol–water partition coefficient (Wildman–Crippen LogP) is 3.51. The van der Waals surface area contributed by atoms with Crippen LogP contribution < -0.4 is 4.90 Å². The first-order valence-corrected chi connectivity index (χ1v) is 12.3. The Bertz CT molecular complexity index is 1060. The van der Waals surface area contributed by atoms with E-state index in [2.05, 4.69) is 49.1 Å². The Kier molecular flexibility index (Phi) is 7.69. The summed E-state index contributed by atoms with van der Waals surface area (Å²) in [5.41, 5.74) is 3.12. The highest BCUT2D eigenvalue weighted by atomic mass is 32.1. The van der Waals surface area contributed by atoms with Crippen LogP contribution in [0.5, 0.6) is 0 Å². The number of thiophene rings is 1. The van der Waals surface area contributed by atoms with Gasteiger partial charge in [-0.25, -0.2) is 0 Å². The maximum atomic E-state index is 10.7. The van der Waals surface area contributed by atoms with E-state index in [-0.39, 0.29) is 6.61 Å². The van der Waals surface area contributed by atoms with E-state index in [0.29, 0.717) is 0 Å². The fourth-order valence-electron chi connectivity index (χ4n) is 4.69. The van der Waals surface area contributed by atoms with E-state index in [1.54, 1.807) is 11.3 Å². The lowest BCUT2D eigenvalue weighted by molar-refractivity contribution is -0.238. The number of hydrogen-bond donors (Lipinski definition) is 3. The number of aliphatic hydroxyl groups is 3. The molecule has 3 unspecified atom stereocenters. The Hall–Kier alpha value is -2.00. The van der Waals surface area contributed by atoms with Crippen LogP contribution >= 0.6 is 11.3 Å². The van der Waals surface area contributed by atoms with Crippen LogP contribution in [0.4, 0.5) is 5.69 Å². The van der Waals surface area contributed by atoms with E-state index in [4.69, 9.17) is 9.47 Å². The molecule has 178 valence electrons. The normalized spacial score (nSPS) is 25.5. The number of aliphatic hydroxyl groups excluding tert-OH is 3. The number of rotatable bonds is 8. The van der Waals surface area contributed by atoms with Crippen LogP contribution in [-0.4, -0.2) is 66.5 Å². The molecule has 2 aromatic carbocycles. The van der Waals surface area contributed by atoms with Gasteiger partial charge in [-0.05, 0) is 54.6 Å². The Balaban J connectivity index is 1.55. The topological polar surface area (TPSA) is 82.4 Å². The molecule has 7 heteroatoms. The summed E-state index contributed by atoms with van der Waals surface area (Å²) in [4.78, 5) is 3.61. The van der Waals surface area contributed by atoms with E-state index in [9.17, 15) is 15.3 Å². The molecule has 1 aliphatic rings. The highest BCUT2D eigenvalue weighted by Crippen LogP contribution is 2.35. The number of anilines is 1. The molecular formula is C26H33NO5S. The van der Waals surface area contributed by atoms with Gasteiger partial charge in [0.2, 0.25) is 0 Å². The molecule has 1 aliphatic heterocycles. The Labute approximate surface area is 199 Å². The first-order valence-electron chi connectivity index (χ1n) is 11.5. The SMILES string of the molecule is CCN(CC)c1ccc2sc(Cc3cccc(C4OC(CO)[C@@H](OC)C(O)[C@H]4O)c3)cc2c1. The van der Waals surface area contributed by atoms with Gasteiger partial charge in [0, 0.05) is 41.9 Å². The molecule has 33 heavy (non-hydrogen) atoms. The molecule has 5 atom stereocenters. The maximum Gasteiger partial charge on any atom is 0.114 e. The molecule has 3 aromatic rings. The van der Waals surface area contributed by atoms with Crippen LogP contribution in [0.25, 0.3) is 10.1 Å². The van der Waals surface area contributed by atoms with Gasteiger partial charge >= 0.3 is 0 Å². The summed E-state index contributed by atoms with van der Waals surface area (Å²) >= 11 is 1.79. The third-order valence-electron chi connectivity index (χ3n) is 6.47. The molecule has 1 fully saturated rings. The quantitative estimate of drug-likeness (QED) is 0.467. The average Bonchev–Trinajstić information content (AvgIpc) is 3.23. The van der Waals surface area contributed by atoms with Gasteiger partial charge in [-0.2, -0.15) is 0 Å². The second-order valence-corrected chi connectivity index (χ2v) is 9.66. The van der Waals surface area contributed by atoms with Gasteiger partial charge in [-0.15, -0.1) is 11.3 Å². The molecule has 0 saturated carbocycles. The van der Waals surface area contributed by atoms with Crippen molar-refractivity contribution in [2.24, 2.45) is 0 Å². The Morgan fingerprint density at radius 3 is 2.52 bits per heavy atom. The zero-order valence-electron chi connectivity index (χ0n) is 19.3. The molecule has 1 saturated heterocycles. The van der Waals surface area contributed by atoms with Crippen LogP contribution in [0.15, 0.2) is 48.5 Å². The maximum absolute atomic E-state index is 10.7. The summed E-state index contributed by atoms with van der Waals surface area (Å²) in [7, 11) is 1.43. The molecule has 0 aliphatic carbocycles. The molecule has 3 N–H and O–H groups in total. The summed E-state index contributed by atoms with van der Waals surface area (Å²) in [6.45, 7) is 6.01. The van der Waals surface area contributed by atoms with Gasteiger partial charge in [0.15, 0.2) is 0 Å². The summed E-state index contributed by atoms with van der Waals surface area (Å²) in [6, 6.07) is 16.8. The van der Waals surface area contributed by atoms with Crippen LogP contribution in [-0.2, 0) is 15.9 Å². The van der Waals surface area contributed by atoms with Crippen molar-refractivity contribution >= 4 is 27.1 Å². The van der Waals surface area contributed by atoms with Crippen molar-refractivity contribution in [2.45, 2.75) is 50.8 Å². The van der Waals surface area contributed by atoms with Crippen molar-refractivity contribution in [3.8, 4) is 0 Å². The zero-order chi connectivity index (χ0) is 23.5. The van der Waals surface area contributed by atoms with Crippen molar-refractivity contribution in [1.82, 2.24) is 0 Å². The number of methoxy groups -OCH3 is 1. The van der Waals surface area contributed by atoms with E-state index in [0.717, 1.165) is 30.6 Å². The molecule has 4 rings (SSSR count). The van der Waals surface area contributed by atoms with E-state index >= 15 is 0 Å². The third kappa shape index (κ3) is 4.94. The van der Waals surface area contributed by atoms with Crippen LogP contribution in [0, 0.1) is 0 Å². The van der Waals surface area contributed by atoms with E-state index < -0.39 is 30.5 Å². The fourth-order valence-corrected chi connectivity index (χ4v) is 5.77. The number of nitrogens with zero attached hydrogens (tertiary/aromatic N) is 1. The van der Waals surface area contributed by atoms with Gasteiger partial charge in [-0.3, -0.25) is 0 Å². The van der Waals surface area contributed by atoms with Crippen molar-refractivity contribution < 1.29 is 24.8 Å². The van der Waals surface area contributed by atoms with Gasteiger partial charge in [0.25, 0.3) is 0 Å². The van der Waals surface area contributed by atoms with Crippen molar-refractivity contribution in [3.05, 3.63) is 64.5 Å². The molecule has 0 amide bonds. The lowest BCUT2D eigenvalue weighted by atomic mass is 9.90. The van der Waals surface area contributed by atoms with Crippen molar-refractivity contribution in [1.29, 1.82) is 0 Å². The zero-order valence-corrected chi connectivity index (χ0v) is 20.2. The summed E-state index contributed by atoms with van der Waals surface area (Å²) in [5.74, 6) is 0. The lowest BCUT2D eigenvalue weighted by Gasteiger charge is -2.41. The largest absolute Gasteiger partial charge is 0.394 e. The number of ether oxygens (including phenoxy) is 2. The molecule has 1 aromatic heterocycles. The van der Waals surface area contributed by atoms with Gasteiger partial charge in [0.1, 0.15) is 30.5 Å². The highest BCUT2D eigenvalue weighted by molar-refractivity contribution is 7.19. The summed E-state index contributed by atoms with van der Waals surface area (Å²) in [5, 5.41) is 32.1. The standard InChI is InChI=1S/C26H33NO5S/c1-4-27(5-2)19-9-10-22-18(13-19)14-20(33-22)12-16-7-6-8-17(11-16)25-23(29)24(30)26(31-3)21(15-28)32-25/h6-11,13-14,21,23-26,28-30H,4-5,12,15H2,1-3H3/t21?,23-,24?,25?,26-/m1/s1. The minimum atomic E-state index is -1.14. The number of hydrogen-bond acceptors (Lipinski definition) is 7. The predicted molar refractivity (Wildman–Crippen MR) is 132 cm³/mol. The van der Waals surface area contributed by atoms with E-state index in [1.165, 1.54) is 27.8 Å². The fraction of sp³-hybridized carbons (Fsp3) is 0.462. The van der Waals surface area contributed by atoms with Crippen LogP contribution in [0.1, 0.15) is 36.0 Å². The highest BCUT2D eigenvalue weighted by Gasteiger charge is 2.45. The Morgan fingerprint density at radius 1 is 1.03 bits per heavy atom. The van der Waals surface area contributed by atoms with E-state index in [1.807, 2.05) is 18.2 Å². The van der Waals surface area contributed by atoms with Crippen LogP contribution in [0.2, 0.25) is 0 Å². The molecule has 6 nitrogen and oxygen atoms in total. The third-order valence-corrected chi connectivity index (χ3v) is 7.59. The molecule has 0 radical (unpaired) electrons. The first-order chi connectivity index (χ1) is 16.0. The van der Waals surface area contributed by atoms with Gasteiger partial charge in [0.05, 0.1) is 6.61 Å². The minimum absolute atomic E-state index is 0.296. The van der Waals surface area contributed by atoms with Gasteiger partial charge < -0.3 is 29.7 Å².